The fourth-order valence-electron chi connectivity index (χ4n) is 2.49. The van der Waals surface area contributed by atoms with E-state index in [1.165, 1.54) is 6.42 Å². The van der Waals surface area contributed by atoms with E-state index in [9.17, 15) is 4.79 Å². The van der Waals surface area contributed by atoms with E-state index in [0.29, 0.717) is 18.5 Å². The Morgan fingerprint density at radius 2 is 2.11 bits per heavy atom. The lowest BCUT2D eigenvalue weighted by Gasteiger charge is -2.26. The molecule has 3 N–H and O–H groups in total. The molecule has 2 rings (SSSR count). The number of carbonyl (C=O) groups is 1. The molecule has 1 aliphatic rings. The lowest BCUT2D eigenvalue weighted by molar-refractivity contribution is -0.123. The van der Waals surface area contributed by atoms with Crippen LogP contribution in [0.4, 0.5) is 0 Å². The van der Waals surface area contributed by atoms with Gasteiger partial charge in [0.2, 0.25) is 0 Å². The van der Waals surface area contributed by atoms with Gasteiger partial charge in [-0.05, 0) is 37.3 Å². The van der Waals surface area contributed by atoms with Gasteiger partial charge in [-0.15, -0.1) is 0 Å². The first-order chi connectivity index (χ1) is 9.24. The van der Waals surface area contributed by atoms with Crippen molar-refractivity contribution in [3.05, 3.63) is 30.3 Å². The van der Waals surface area contributed by atoms with Gasteiger partial charge in [0, 0.05) is 12.6 Å². The number of hydrogen-bond donors (Lipinski definition) is 2. The molecule has 1 saturated carbocycles. The Hall–Kier alpha value is -1.55. The third-order valence-corrected chi connectivity index (χ3v) is 3.52. The Kier molecular flexibility index (Phi) is 5.21. The highest BCUT2D eigenvalue weighted by Crippen LogP contribution is 2.22. The maximum absolute atomic E-state index is 11.7. The van der Waals surface area contributed by atoms with Crippen LogP contribution in [-0.4, -0.2) is 25.1 Å². The summed E-state index contributed by atoms with van der Waals surface area (Å²) < 4.78 is 5.39. The number of carbonyl (C=O) groups excluding carboxylic acids is 1. The van der Waals surface area contributed by atoms with E-state index in [0.717, 1.165) is 25.0 Å². The summed E-state index contributed by atoms with van der Waals surface area (Å²) in [5, 5.41) is 2.92. The molecule has 0 radical (unpaired) electrons. The zero-order valence-corrected chi connectivity index (χ0v) is 11.2. The Balaban J connectivity index is 1.64. The van der Waals surface area contributed by atoms with E-state index < -0.39 is 0 Å². The second-order valence-electron chi connectivity index (χ2n) is 5.20. The molecule has 0 bridgehead atoms. The molecule has 1 amide bonds. The minimum Gasteiger partial charge on any atom is -0.484 e. The van der Waals surface area contributed by atoms with Gasteiger partial charge in [0.15, 0.2) is 6.61 Å². The van der Waals surface area contributed by atoms with Crippen molar-refractivity contribution >= 4 is 5.91 Å². The van der Waals surface area contributed by atoms with Crippen molar-refractivity contribution in [3.8, 4) is 5.75 Å². The van der Waals surface area contributed by atoms with Gasteiger partial charge in [0.1, 0.15) is 5.75 Å². The van der Waals surface area contributed by atoms with Crippen LogP contribution in [0.5, 0.6) is 5.75 Å². The third-order valence-electron chi connectivity index (χ3n) is 3.52. The number of nitrogens with two attached hydrogens (primary N) is 1. The minimum absolute atomic E-state index is 0.0667. The summed E-state index contributed by atoms with van der Waals surface area (Å²) in [7, 11) is 0. The molecule has 0 saturated heterocycles. The van der Waals surface area contributed by atoms with Crippen LogP contribution in [0.1, 0.15) is 25.7 Å². The second-order valence-corrected chi connectivity index (χ2v) is 5.20. The molecule has 1 aromatic rings. The fourth-order valence-corrected chi connectivity index (χ4v) is 2.49. The molecule has 4 nitrogen and oxygen atoms in total. The molecule has 1 fully saturated rings. The molecule has 4 heteroatoms. The highest BCUT2D eigenvalue weighted by molar-refractivity contribution is 5.77. The standard InChI is InChI=1S/C15H22N2O2/c16-13-6-4-5-12(9-13)10-17-15(18)11-19-14-7-2-1-3-8-14/h1-3,7-8,12-13H,4-6,9-11,16H2,(H,17,18). The van der Waals surface area contributed by atoms with E-state index in [2.05, 4.69) is 5.32 Å². The number of amides is 1. The quantitative estimate of drug-likeness (QED) is 0.849. The summed E-state index contributed by atoms with van der Waals surface area (Å²) in [4.78, 5) is 11.7. The highest BCUT2D eigenvalue weighted by atomic mass is 16.5. The molecule has 1 aromatic carbocycles. The van der Waals surface area contributed by atoms with E-state index in [1.54, 1.807) is 0 Å². The number of benzene rings is 1. The highest BCUT2D eigenvalue weighted by Gasteiger charge is 2.19. The topological polar surface area (TPSA) is 64.3 Å². The van der Waals surface area contributed by atoms with E-state index >= 15 is 0 Å². The van der Waals surface area contributed by atoms with Crippen molar-refractivity contribution < 1.29 is 9.53 Å². The van der Waals surface area contributed by atoms with Crippen molar-refractivity contribution in [1.29, 1.82) is 0 Å². The molecule has 1 aliphatic carbocycles. The molecule has 0 spiro atoms. The van der Waals surface area contributed by atoms with Gasteiger partial charge in [-0.25, -0.2) is 0 Å². The first kappa shape index (κ1) is 13.9. The van der Waals surface area contributed by atoms with E-state index in [-0.39, 0.29) is 12.5 Å². The molecule has 0 aliphatic heterocycles. The molecule has 0 heterocycles. The van der Waals surface area contributed by atoms with Gasteiger partial charge >= 0.3 is 0 Å². The molecule has 19 heavy (non-hydrogen) atoms. The molecule has 2 unspecified atom stereocenters. The third kappa shape index (κ3) is 4.91. The van der Waals surface area contributed by atoms with Gasteiger partial charge in [0.05, 0.1) is 0 Å². The lowest BCUT2D eigenvalue weighted by Crippen LogP contribution is -2.37. The number of ether oxygens (including phenoxy) is 1. The normalized spacial score (nSPS) is 22.8. The van der Waals surface area contributed by atoms with Crippen LogP contribution in [-0.2, 0) is 4.79 Å². The predicted octanol–water partition coefficient (Wildman–Crippen LogP) is 1.70. The predicted molar refractivity (Wildman–Crippen MR) is 74.9 cm³/mol. The lowest BCUT2D eigenvalue weighted by atomic mass is 9.86. The first-order valence-electron chi connectivity index (χ1n) is 6.94. The summed E-state index contributed by atoms with van der Waals surface area (Å²) in [6.07, 6.45) is 4.46. The van der Waals surface area contributed by atoms with Crippen molar-refractivity contribution in [3.63, 3.8) is 0 Å². The average molecular weight is 262 g/mol. The Labute approximate surface area is 114 Å². The van der Waals surface area contributed by atoms with Crippen LogP contribution in [0.25, 0.3) is 0 Å². The maximum atomic E-state index is 11.7. The largest absolute Gasteiger partial charge is 0.484 e. The average Bonchev–Trinajstić information content (AvgIpc) is 2.44. The van der Waals surface area contributed by atoms with Crippen LogP contribution in [0.15, 0.2) is 30.3 Å². The van der Waals surface area contributed by atoms with Crippen LogP contribution in [0.3, 0.4) is 0 Å². The van der Waals surface area contributed by atoms with E-state index in [4.69, 9.17) is 10.5 Å². The summed E-state index contributed by atoms with van der Waals surface area (Å²) >= 11 is 0. The van der Waals surface area contributed by atoms with Crippen LogP contribution >= 0.6 is 0 Å². The summed E-state index contributed by atoms with van der Waals surface area (Å²) in [5.74, 6) is 1.17. The van der Waals surface area contributed by atoms with Gasteiger partial charge < -0.3 is 15.8 Å². The number of rotatable bonds is 5. The zero-order chi connectivity index (χ0) is 13.5. The van der Waals surface area contributed by atoms with Crippen LogP contribution < -0.4 is 15.8 Å². The summed E-state index contributed by atoms with van der Waals surface area (Å²) in [6, 6.07) is 9.67. The van der Waals surface area contributed by atoms with Crippen molar-refractivity contribution in [1.82, 2.24) is 5.32 Å². The van der Waals surface area contributed by atoms with Crippen LogP contribution in [0, 0.1) is 5.92 Å². The van der Waals surface area contributed by atoms with Crippen molar-refractivity contribution in [2.45, 2.75) is 31.7 Å². The fraction of sp³-hybridized carbons (Fsp3) is 0.533. The molecular weight excluding hydrogens is 240 g/mol. The minimum atomic E-state index is -0.0667. The molecule has 104 valence electrons. The Morgan fingerprint density at radius 1 is 1.32 bits per heavy atom. The monoisotopic (exact) mass is 262 g/mol. The SMILES string of the molecule is NC1CCCC(CNC(=O)COc2ccccc2)C1. The number of nitrogens with one attached hydrogen (secondary N) is 1. The van der Waals surface area contributed by atoms with Crippen LogP contribution in [0.2, 0.25) is 0 Å². The number of para-hydroxylation sites is 1. The van der Waals surface area contributed by atoms with Gasteiger partial charge in [-0.1, -0.05) is 24.6 Å². The molecule has 0 aromatic heterocycles. The first-order valence-corrected chi connectivity index (χ1v) is 6.94. The van der Waals surface area contributed by atoms with Gasteiger partial charge in [-0.2, -0.15) is 0 Å². The Bertz CT molecular complexity index is 394. The van der Waals surface area contributed by atoms with Crippen molar-refractivity contribution in [2.24, 2.45) is 11.7 Å². The smallest absolute Gasteiger partial charge is 0.257 e. The van der Waals surface area contributed by atoms with Gasteiger partial charge in [-0.3, -0.25) is 4.79 Å². The molecular formula is C15H22N2O2. The Morgan fingerprint density at radius 3 is 2.84 bits per heavy atom. The maximum Gasteiger partial charge on any atom is 0.257 e. The van der Waals surface area contributed by atoms with E-state index in [1.807, 2.05) is 30.3 Å². The molecule has 2 atom stereocenters. The summed E-state index contributed by atoms with van der Waals surface area (Å²) in [6.45, 7) is 0.785. The second kappa shape index (κ2) is 7.14. The van der Waals surface area contributed by atoms with Gasteiger partial charge in [0.25, 0.3) is 5.91 Å². The number of hydrogen-bond acceptors (Lipinski definition) is 3. The zero-order valence-electron chi connectivity index (χ0n) is 11.2. The summed E-state index contributed by atoms with van der Waals surface area (Å²) in [5.41, 5.74) is 5.93. The van der Waals surface area contributed by atoms with Crippen molar-refractivity contribution in [2.75, 3.05) is 13.2 Å².